The molecule has 7 heteroatoms. The number of pyridine rings is 1. The molecule has 0 atom stereocenters. The third-order valence-electron chi connectivity index (χ3n) is 1.96. The van der Waals surface area contributed by atoms with Crippen molar-refractivity contribution < 1.29 is 4.79 Å². The Labute approximate surface area is 109 Å². The van der Waals surface area contributed by atoms with E-state index in [0.29, 0.717) is 16.0 Å². The van der Waals surface area contributed by atoms with E-state index in [1.165, 1.54) is 0 Å². The second kappa shape index (κ2) is 5.24. The first-order chi connectivity index (χ1) is 8.15. The highest BCUT2D eigenvalue weighted by molar-refractivity contribution is 9.10. The standard InChI is InChI=1S/C10H8BrN3O2S/c11-8-3-1-2-7(14-8)9(15)12-4-6-5-17-10(16)13-6/h1-3,5H,4H2,(H,12,15)(H,13,16). The fraction of sp³-hybridized carbons (Fsp3) is 0.100. The summed E-state index contributed by atoms with van der Waals surface area (Å²) in [6, 6.07) is 5.10. The van der Waals surface area contributed by atoms with E-state index in [0.717, 1.165) is 11.3 Å². The molecule has 88 valence electrons. The summed E-state index contributed by atoms with van der Waals surface area (Å²) in [4.78, 5) is 29.1. The van der Waals surface area contributed by atoms with Crippen molar-refractivity contribution in [3.63, 3.8) is 0 Å². The second-order valence-corrected chi connectivity index (χ2v) is 4.86. The van der Waals surface area contributed by atoms with Crippen molar-refractivity contribution in [3.8, 4) is 0 Å². The number of rotatable bonds is 3. The van der Waals surface area contributed by atoms with Crippen LogP contribution in [-0.2, 0) is 6.54 Å². The van der Waals surface area contributed by atoms with Crippen LogP contribution in [0.25, 0.3) is 0 Å². The SMILES string of the molecule is O=C(NCc1csc(=O)[nH]1)c1cccc(Br)n1. The fourth-order valence-corrected chi connectivity index (χ4v) is 2.13. The van der Waals surface area contributed by atoms with Crippen molar-refractivity contribution in [1.82, 2.24) is 15.3 Å². The fourth-order valence-electron chi connectivity index (χ4n) is 1.20. The molecule has 1 amide bonds. The highest BCUT2D eigenvalue weighted by Crippen LogP contribution is 2.06. The maximum atomic E-state index is 11.7. The summed E-state index contributed by atoms with van der Waals surface area (Å²) in [5.41, 5.74) is 1.01. The Morgan fingerprint density at radius 2 is 2.35 bits per heavy atom. The van der Waals surface area contributed by atoms with Gasteiger partial charge in [-0.2, -0.15) is 0 Å². The smallest absolute Gasteiger partial charge is 0.304 e. The Morgan fingerprint density at radius 3 is 3.00 bits per heavy atom. The lowest BCUT2D eigenvalue weighted by Gasteiger charge is -2.02. The quantitative estimate of drug-likeness (QED) is 0.844. The summed E-state index contributed by atoms with van der Waals surface area (Å²) >= 11 is 4.26. The van der Waals surface area contributed by atoms with Crippen LogP contribution < -0.4 is 10.2 Å². The van der Waals surface area contributed by atoms with Crippen LogP contribution >= 0.6 is 27.3 Å². The minimum absolute atomic E-state index is 0.130. The van der Waals surface area contributed by atoms with Gasteiger partial charge in [0.15, 0.2) is 0 Å². The van der Waals surface area contributed by atoms with E-state index in [-0.39, 0.29) is 17.3 Å². The van der Waals surface area contributed by atoms with Crippen molar-refractivity contribution in [2.24, 2.45) is 0 Å². The van der Waals surface area contributed by atoms with Gasteiger partial charge < -0.3 is 10.3 Å². The van der Waals surface area contributed by atoms with Gasteiger partial charge >= 0.3 is 4.87 Å². The van der Waals surface area contributed by atoms with Gasteiger partial charge in [-0.05, 0) is 28.1 Å². The van der Waals surface area contributed by atoms with Crippen LogP contribution in [0.15, 0.2) is 33.0 Å². The molecular weight excluding hydrogens is 306 g/mol. The number of nitrogens with zero attached hydrogens (tertiary/aromatic N) is 1. The van der Waals surface area contributed by atoms with Gasteiger partial charge in [0, 0.05) is 11.1 Å². The average molecular weight is 314 g/mol. The number of nitrogens with one attached hydrogen (secondary N) is 2. The number of hydrogen-bond acceptors (Lipinski definition) is 4. The minimum Gasteiger partial charge on any atom is -0.345 e. The van der Waals surface area contributed by atoms with Crippen LogP contribution in [0.3, 0.4) is 0 Å². The number of carbonyl (C=O) groups excluding carboxylic acids is 1. The number of halogens is 1. The maximum absolute atomic E-state index is 11.7. The van der Waals surface area contributed by atoms with Crippen molar-refractivity contribution in [3.05, 3.63) is 49.2 Å². The van der Waals surface area contributed by atoms with Crippen LogP contribution in [-0.4, -0.2) is 15.9 Å². The van der Waals surface area contributed by atoms with Gasteiger partial charge in [-0.1, -0.05) is 17.4 Å². The summed E-state index contributed by atoms with van der Waals surface area (Å²) in [7, 11) is 0. The molecule has 0 spiro atoms. The summed E-state index contributed by atoms with van der Waals surface area (Å²) in [6.07, 6.45) is 0. The second-order valence-electron chi connectivity index (χ2n) is 3.20. The molecule has 0 bridgehead atoms. The van der Waals surface area contributed by atoms with Crippen molar-refractivity contribution in [2.75, 3.05) is 0 Å². The molecule has 0 fully saturated rings. The van der Waals surface area contributed by atoms with Crippen LogP contribution in [0.2, 0.25) is 0 Å². The lowest BCUT2D eigenvalue weighted by atomic mass is 10.3. The van der Waals surface area contributed by atoms with Crippen LogP contribution in [0.1, 0.15) is 16.2 Å². The molecule has 0 aliphatic heterocycles. The number of aromatic amines is 1. The topological polar surface area (TPSA) is 74.8 Å². The number of aromatic nitrogens is 2. The normalized spacial score (nSPS) is 10.2. The third kappa shape index (κ3) is 3.24. The Bertz CT molecular complexity index is 593. The molecule has 0 aromatic carbocycles. The Balaban J connectivity index is 2.00. The van der Waals surface area contributed by atoms with Crippen LogP contribution in [0, 0.1) is 0 Å². The largest absolute Gasteiger partial charge is 0.345 e. The minimum atomic E-state index is -0.279. The predicted molar refractivity (Wildman–Crippen MR) is 68.0 cm³/mol. The number of thiazole rings is 1. The van der Waals surface area contributed by atoms with E-state index in [9.17, 15) is 9.59 Å². The Morgan fingerprint density at radius 1 is 1.53 bits per heavy atom. The summed E-state index contributed by atoms with van der Waals surface area (Å²) in [6.45, 7) is 0.283. The molecule has 0 saturated carbocycles. The monoisotopic (exact) mass is 313 g/mol. The van der Waals surface area contributed by atoms with E-state index in [2.05, 4.69) is 31.2 Å². The van der Waals surface area contributed by atoms with E-state index in [1.54, 1.807) is 23.6 Å². The first kappa shape index (κ1) is 12.0. The van der Waals surface area contributed by atoms with Crippen LogP contribution in [0.4, 0.5) is 0 Å². The molecule has 2 aromatic heterocycles. The zero-order valence-electron chi connectivity index (χ0n) is 8.57. The van der Waals surface area contributed by atoms with Crippen molar-refractivity contribution >= 4 is 33.2 Å². The van der Waals surface area contributed by atoms with E-state index >= 15 is 0 Å². The zero-order valence-corrected chi connectivity index (χ0v) is 11.0. The van der Waals surface area contributed by atoms with E-state index < -0.39 is 0 Å². The molecule has 0 aliphatic carbocycles. The van der Waals surface area contributed by atoms with E-state index in [1.807, 2.05) is 0 Å². The Hall–Kier alpha value is -1.47. The van der Waals surface area contributed by atoms with Crippen molar-refractivity contribution in [2.45, 2.75) is 6.54 Å². The molecule has 0 saturated heterocycles. The molecule has 2 rings (SSSR count). The van der Waals surface area contributed by atoms with E-state index in [4.69, 9.17) is 0 Å². The molecule has 0 radical (unpaired) electrons. The molecule has 2 aromatic rings. The summed E-state index contributed by atoms with van der Waals surface area (Å²) in [5, 5.41) is 4.35. The molecule has 5 nitrogen and oxygen atoms in total. The molecular formula is C10H8BrN3O2S. The van der Waals surface area contributed by atoms with Gasteiger partial charge in [0.25, 0.3) is 5.91 Å². The zero-order chi connectivity index (χ0) is 12.3. The molecule has 2 heterocycles. The number of H-pyrrole nitrogens is 1. The highest BCUT2D eigenvalue weighted by atomic mass is 79.9. The van der Waals surface area contributed by atoms with Gasteiger partial charge in [-0.25, -0.2) is 4.98 Å². The van der Waals surface area contributed by atoms with Crippen LogP contribution in [0.5, 0.6) is 0 Å². The molecule has 0 unspecified atom stereocenters. The highest BCUT2D eigenvalue weighted by Gasteiger charge is 2.07. The maximum Gasteiger partial charge on any atom is 0.304 e. The Kier molecular flexibility index (Phi) is 3.70. The summed E-state index contributed by atoms with van der Waals surface area (Å²) < 4.78 is 0.606. The number of hydrogen-bond donors (Lipinski definition) is 2. The molecule has 0 aliphatic rings. The van der Waals surface area contributed by atoms with Gasteiger partial charge in [0.2, 0.25) is 0 Å². The van der Waals surface area contributed by atoms with Gasteiger partial charge in [0.1, 0.15) is 10.3 Å². The first-order valence-corrected chi connectivity index (χ1v) is 6.40. The average Bonchev–Trinajstić information content (AvgIpc) is 2.72. The molecule has 2 N–H and O–H groups in total. The predicted octanol–water partition coefficient (Wildman–Crippen LogP) is 1.52. The lowest BCUT2D eigenvalue weighted by Crippen LogP contribution is -2.24. The van der Waals surface area contributed by atoms with Gasteiger partial charge in [0.05, 0.1) is 6.54 Å². The van der Waals surface area contributed by atoms with Crippen molar-refractivity contribution in [1.29, 1.82) is 0 Å². The summed E-state index contributed by atoms with van der Waals surface area (Å²) in [5.74, 6) is -0.279. The number of amides is 1. The third-order valence-corrected chi connectivity index (χ3v) is 3.12. The lowest BCUT2D eigenvalue weighted by molar-refractivity contribution is 0.0945. The molecule has 17 heavy (non-hydrogen) atoms. The van der Waals surface area contributed by atoms with Gasteiger partial charge in [-0.3, -0.25) is 9.59 Å². The first-order valence-electron chi connectivity index (χ1n) is 4.72. The number of carbonyl (C=O) groups is 1. The van der Waals surface area contributed by atoms with Gasteiger partial charge in [-0.15, -0.1) is 0 Å².